The first kappa shape index (κ1) is 17.4. The van der Waals surface area contributed by atoms with Crippen molar-refractivity contribution in [1.82, 2.24) is 0 Å². The minimum atomic E-state index is -0.606. The second-order valence-corrected chi connectivity index (χ2v) is 8.11. The molecule has 0 aliphatic carbocycles. The zero-order chi connectivity index (χ0) is 18.4. The molecule has 1 aliphatic rings. The van der Waals surface area contributed by atoms with Crippen molar-refractivity contribution in [2.75, 3.05) is 0 Å². The first-order valence-corrected chi connectivity index (χ1v) is 8.90. The lowest BCUT2D eigenvalue weighted by atomic mass is 9.97. The van der Waals surface area contributed by atoms with E-state index in [0.29, 0.717) is 22.8 Å². The fourth-order valence-corrected chi connectivity index (χ4v) is 3.30. The van der Waals surface area contributed by atoms with Crippen molar-refractivity contribution < 1.29 is 19.1 Å². The smallest absolute Gasteiger partial charge is 0.316 e. The number of hydrogen-bond donors (Lipinski definition) is 0. The van der Waals surface area contributed by atoms with Crippen LogP contribution in [-0.4, -0.2) is 11.8 Å². The highest BCUT2D eigenvalue weighted by atomic mass is 32.1. The SMILES string of the molecule is Cc1ccsc1/C=C1\Oc2cc(OC(=O)C(C)(C)C)cc(C)c2C1=O. The fraction of sp³-hybridized carbons (Fsp3) is 0.300. The average Bonchev–Trinajstić information content (AvgIpc) is 3.03. The molecular weight excluding hydrogens is 336 g/mol. The fourth-order valence-electron chi connectivity index (χ4n) is 2.45. The third-order valence-electron chi connectivity index (χ3n) is 3.93. The van der Waals surface area contributed by atoms with Crippen LogP contribution in [0.25, 0.3) is 6.08 Å². The van der Waals surface area contributed by atoms with Crippen LogP contribution in [0.15, 0.2) is 29.3 Å². The van der Waals surface area contributed by atoms with Gasteiger partial charge in [0.2, 0.25) is 5.78 Å². The number of hydrogen-bond acceptors (Lipinski definition) is 5. The van der Waals surface area contributed by atoms with Crippen LogP contribution in [0.5, 0.6) is 11.5 Å². The van der Waals surface area contributed by atoms with Gasteiger partial charge in [-0.25, -0.2) is 0 Å². The summed E-state index contributed by atoms with van der Waals surface area (Å²) in [4.78, 5) is 25.7. The zero-order valence-electron chi connectivity index (χ0n) is 14.9. The minimum absolute atomic E-state index is 0.144. The highest BCUT2D eigenvalue weighted by molar-refractivity contribution is 7.11. The van der Waals surface area contributed by atoms with E-state index >= 15 is 0 Å². The van der Waals surface area contributed by atoms with Crippen LogP contribution in [0.3, 0.4) is 0 Å². The monoisotopic (exact) mass is 356 g/mol. The zero-order valence-corrected chi connectivity index (χ0v) is 15.7. The molecular formula is C20H20O4S. The van der Waals surface area contributed by atoms with Gasteiger partial charge in [-0.05, 0) is 63.3 Å². The van der Waals surface area contributed by atoms with Gasteiger partial charge in [0.25, 0.3) is 0 Å². The number of ether oxygens (including phenoxy) is 2. The number of ketones is 1. The number of Topliss-reactive ketones (excluding diaryl/α,β-unsaturated/α-hetero) is 1. The van der Waals surface area contributed by atoms with E-state index in [1.807, 2.05) is 25.3 Å². The van der Waals surface area contributed by atoms with E-state index in [-0.39, 0.29) is 11.8 Å². The van der Waals surface area contributed by atoms with Gasteiger partial charge in [0.05, 0.1) is 11.0 Å². The molecule has 0 spiro atoms. The van der Waals surface area contributed by atoms with Crippen LogP contribution < -0.4 is 9.47 Å². The Balaban J connectivity index is 1.93. The molecule has 1 aliphatic heterocycles. The van der Waals surface area contributed by atoms with Crippen LogP contribution in [0.1, 0.15) is 47.1 Å². The van der Waals surface area contributed by atoms with Gasteiger partial charge in [0.15, 0.2) is 5.76 Å². The Hall–Kier alpha value is -2.40. The Morgan fingerprint density at radius 3 is 2.52 bits per heavy atom. The number of rotatable bonds is 2. The number of aryl methyl sites for hydroxylation is 2. The van der Waals surface area contributed by atoms with Gasteiger partial charge < -0.3 is 9.47 Å². The van der Waals surface area contributed by atoms with E-state index < -0.39 is 5.41 Å². The summed E-state index contributed by atoms with van der Waals surface area (Å²) in [6.07, 6.45) is 1.77. The molecule has 130 valence electrons. The summed E-state index contributed by atoms with van der Waals surface area (Å²) >= 11 is 1.56. The number of carbonyl (C=O) groups excluding carboxylic acids is 2. The van der Waals surface area contributed by atoms with E-state index in [0.717, 1.165) is 16.0 Å². The van der Waals surface area contributed by atoms with Gasteiger partial charge in [-0.1, -0.05) is 0 Å². The predicted molar refractivity (Wildman–Crippen MR) is 98.3 cm³/mol. The Morgan fingerprint density at radius 2 is 1.92 bits per heavy atom. The summed E-state index contributed by atoms with van der Waals surface area (Å²) in [6, 6.07) is 5.30. The number of carbonyl (C=O) groups is 2. The molecule has 2 heterocycles. The average molecular weight is 356 g/mol. The maximum Gasteiger partial charge on any atom is 0.316 e. The molecule has 1 aromatic carbocycles. The van der Waals surface area contributed by atoms with Crippen molar-refractivity contribution in [3.63, 3.8) is 0 Å². The van der Waals surface area contributed by atoms with E-state index in [4.69, 9.17) is 9.47 Å². The topological polar surface area (TPSA) is 52.6 Å². The Morgan fingerprint density at radius 1 is 1.20 bits per heavy atom. The molecule has 0 saturated heterocycles. The molecule has 0 saturated carbocycles. The van der Waals surface area contributed by atoms with E-state index in [1.165, 1.54) is 0 Å². The first-order valence-electron chi connectivity index (χ1n) is 8.02. The van der Waals surface area contributed by atoms with Gasteiger partial charge in [-0.3, -0.25) is 9.59 Å². The molecule has 0 atom stereocenters. The number of fused-ring (bicyclic) bond motifs is 1. The Kier molecular flexibility index (Phi) is 4.29. The lowest BCUT2D eigenvalue weighted by molar-refractivity contribution is -0.143. The second-order valence-electron chi connectivity index (χ2n) is 7.16. The molecule has 5 heteroatoms. The molecule has 0 radical (unpaired) electrons. The highest BCUT2D eigenvalue weighted by Crippen LogP contribution is 2.38. The highest BCUT2D eigenvalue weighted by Gasteiger charge is 2.31. The lowest BCUT2D eigenvalue weighted by Gasteiger charge is -2.16. The van der Waals surface area contributed by atoms with Crippen LogP contribution in [-0.2, 0) is 4.79 Å². The Labute approximate surface area is 151 Å². The summed E-state index contributed by atoms with van der Waals surface area (Å²) in [5.74, 6) is 0.637. The molecule has 4 nitrogen and oxygen atoms in total. The van der Waals surface area contributed by atoms with Crippen molar-refractivity contribution in [2.24, 2.45) is 5.41 Å². The van der Waals surface area contributed by atoms with E-state index in [1.54, 1.807) is 50.3 Å². The third-order valence-corrected chi connectivity index (χ3v) is 4.90. The van der Waals surface area contributed by atoms with Crippen LogP contribution in [0.2, 0.25) is 0 Å². The van der Waals surface area contributed by atoms with Gasteiger partial charge in [-0.2, -0.15) is 0 Å². The van der Waals surface area contributed by atoms with Crippen molar-refractivity contribution in [3.05, 3.63) is 50.9 Å². The number of esters is 1. The standard InChI is InChI=1S/C20H20O4S/c1-11-6-7-25-16(11)10-15-18(21)17-12(2)8-13(9-14(17)24-15)23-19(22)20(3,4)5/h6-10H,1-5H3/b15-10-. The van der Waals surface area contributed by atoms with Crippen molar-refractivity contribution in [1.29, 1.82) is 0 Å². The van der Waals surface area contributed by atoms with E-state index in [9.17, 15) is 9.59 Å². The van der Waals surface area contributed by atoms with Crippen molar-refractivity contribution in [2.45, 2.75) is 34.6 Å². The molecule has 0 N–H and O–H groups in total. The normalized spacial score (nSPS) is 15.2. The summed E-state index contributed by atoms with van der Waals surface area (Å²) in [5, 5.41) is 1.98. The predicted octanol–water partition coefficient (Wildman–Crippen LogP) is 4.93. The molecule has 0 bridgehead atoms. The second kappa shape index (κ2) is 6.15. The van der Waals surface area contributed by atoms with Crippen LogP contribution >= 0.6 is 11.3 Å². The quantitative estimate of drug-likeness (QED) is 0.435. The van der Waals surface area contributed by atoms with Gasteiger partial charge in [0.1, 0.15) is 11.5 Å². The summed E-state index contributed by atoms with van der Waals surface area (Å²) in [5.41, 5.74) is 1.74. The third kappa shape index (κ3) is 3.37. The molecule has 2 aromatic rings. The van der Waals surface area contributed by atoms with Crippen LogP contribution in [0.4, 0.5) is 0 Å². The van der Waals surface area contributed by atoms with Crippen LogP contribution in [0, 0.1) is 19.3 Å². The molecule has 25 heavy (non-hydrogen) atoms. The molecule has 0 fully saturated rings. The maximum absolute atomic E-state index is 12.7. The van der Waals surface area contributed by atoms with Gasteiger partial charge in [-0.15, -0.1) is 11.3 Å². The number of benzene rings is 1. The molecule has 0 unspecified atom stereocenters. The number of allylic oxidation sites excluding steroid dienone is 1. The first-order chi connectivity index (χ1) is 11.7. The Bertz CT molecular complexity index is 897. The maximum atomic E-state index is 12.7. The summed E-state index contributed by atoms with van der Waals surface area (Å²) in [7, 11) is 0. The van der Waals surface area contributed by atoms with Crippen molar-refractivity contribution in [3.8, 4) is 11.5 Å². The summed E-state index contributed by atoms with van der Waals surface area (Å²) < 4.78 is 11.2. The number of thiophene rings is 1. The molecule has 3 rings (SSSR count). The lowest BCUT2D eigenvalue weighted by Crippen LogP contribution is -2.25. The molecule has 1 aromatic heterocycles. The van der Waals surface area contributed by atoms with E-state index in [2.05, 4.69) is 0 Å². The molecule has 0 amide bonds. The van der Waals surface area contributed by atoms with Gasteiger partial charge >= 0.3 is 5.97 Å². The minimum Gasteiger partial charge on any atom is -0.452 e. The largest absolute Gasteiger partial charge is 0.452 e. The summed E-state index contributed by atoms with van der Waals surface area (Å²) in [6.45, 7) is 9.18. The van der Waals surface area contributed by atoms with Crippen molar-refractivity contribution >= 4 is 29.2 Å². The van der Waals surface area contributed by atoms with Gasteiger partial charge in [0, 0.05) is 17.0 Å².